The molecule has 5 heteroatoms. The van der Waals surface area contributed by atoms with Crippen LogP contribution < -0.4 is 0 Å². The first kappa shape index (κ1) is 15.6. The Labute approximate surface area is 138 Å². The van der Waals surface area contributed by atoms with Gasteiger partial charge in [0.2, 0.25) is 0 Å². The van der Waals surface area contributed by atoms with Gasteiger partial charge in [0.1, 0.15) is 0 Å². The quantitative estimate of drug-likeness (QED) is 0.801. The van der Waals surface area contributed by atoms with Crippen molar-refractivity contribution in [2.45, 2.75) is 31.2 Å². The highest BCUT2D eigenvalue weighted by molar-refractivity contribution is 7.83. The van der Waals surface area contributed by atoms with Gasteiger partial charge in [0.05, 0.1) is 16.1 Å². The summed E-state index contributed by atoms with van der Waals surface area (Å²) in [4.78, 5) is 17.6. The van der Waals surface area contributed by atoms with Crippen LogP contribution in [-0.4, -0.2) is 25.8 Å². The second kappa shape index (κ2) is 5.74. The fraction of sp³-hybridized carbons (Fsp3) is 0.222. The lowest BCUT2D eigenvalue weighted by molar-refractivity contribution is 0.209. The molecule has 2 amide bonds. The van der Waals surface area contributed by atoms with Crippen LogP contribution in [0.5, 0.6) is 0 Å². The summed E-state index contributed by atoms with van der Waals surface area (Å²) in [5.41, 5.74) is 1.54. The van der Waals surface area contributed by atoms with Crippen LogP contribution in [0.3, 0.4) is 0 Å². The summed E-state index contributed by atoms with van der Waals surface area (Å²) < 4.78 is 14.3. The Morgan fingerprint density at radius 3 is 2.22 bits per heavy atom. The van der Waals surface area contributed by atoms with Crippen LogP contribution in [0.15, 0.2) is 64.5 Å². The average Bonchev–Trinajstić information content (AvgIpc) is 2.63. The molecule has 0 aromatic heterocycles. The van der Waals surface area contributed by atoms with Crippen molar-refractivity contribution in [3.8, 4) is 0 Å². The van der Waals surface area contributed by atoms with E-state index in [4.69, 9.17) is 0 Å². The minimum Gasteiger partial charge on any atom is -0.245 e. The van der Waals surface area contributed by atoms with E-state index >= 15 is 0 Å². The van der Waals surface area contributed by atoms with E-state index in [0.717, 1.165) is 11.1 Å². The normalized spacial score (nSPS) is 18.2. The number of urea groups is 1. The molecule has 0 unspecified atom stereocenters. The maximum Gasteiger partial charge on any atom is 0.356 e. The fourth-order valence-electron chi connectivity index (χ4n) is 2.54. The van der Waals surface area contributed by atoms with E-state index in [9.17, 15) is 9.00 Å². The van der Waals surface area contributed by atoms with Gasteiger partial charge in [0, 0.05) is 11.1 Å². The molecule has 0 radical (unpaired) electrons. The highest BCUT2D eigenvalue weighted by atomic mass is 32.2. The highest BCUT2D eigenvalue weighted by Crippen LogP contribution is 2.29. The number of hydrogen-bond donors (Lipinski definition) is 0. The van der Waals surface area contributed by atoms with Crippen molar-refractivity contribution < 1.29 is 9.00 Å². The van der Waals surface area contributed by atoms with Crippen LogP contribution in [-0.2, 0) is 11.0 Å². The third kappa shape index (κ3) is 2.84. The van der Waals surface area contributed by atoms with Crippen LogP contribution >= 0.6 is 0 Å². The summed E-state index contributed by atoms with van der Waals surface area (Å²) in [6, 6.07) is 16.4. The number of rotatable bonds is 1. The number of benzene rings is 2. The Hall–Kier alpha value is -2.27. The predicted molar refractivity (Wildman–Crippen MR) is 91.9 cm³/mol. The first-order chi connectivity index (χ1) is 10.9. The molecule has 1 aliphatic heterocycles. The van der Waals surface area contributed by atoms with Gasteiger partial charge >= 0.3 is 6.03 Å². The molecule has 118 valence electrons. The standard InChI is InChI=1S/C18H18N2O2S/c1-18(2,3)20-17(21)19-16(13-9-5-4-6-10-13)14-11-7-8-12-15(14)23(20)22/h4-12H,1-3H3/t23-/m0/s1. The summed E-state index contributed by atoms with van der Waals surface area (Å²) in [5, 5.41) is 0. The lowest BCUT2D eigenvalue weighted by Gasteiger charge is -2.31. The van der Waals surface area contributed by atoms with Gasteiger partial charge in [-0.15, -0.1) is 0 Å². The van der Waals surface area contributed by atoms with Crippen LogP contribution in [0.1, 0.15) is 31.9 Å². The van der Waals surface area contributed by atoms with Gasteiger partial charge in [-0.3, -0.25) is 0 Å². The Bertz CT molecular complexity index is 807. The molecule has 0 saturated carbocycles. The molecule has 2 aromatic carbocycles. The number of fused-ring (bicyclic) bond motifs is 1. The molecule has 0 bridgehead atoms. The third-order valence-electron chi connectivity index (χ3n) is 3.53. The number of aliphatic imine (C=N–C) groups is 1. The van der Waals surface area contributed by atoms with Gasteiger partial charge < -0.3 is 0 Å². The van der Waals surface area contributed by atoms with Gasteiger partial charge in [-0.05, 0) is 26.8 Å². The molecular formula is C18H18N2O2S. The Kier molecular flexibility index (Phi) is 3.90. The zero-order chi connectivity index (χ0) is 16.6. The van der Waals surface area contributed by atoms with E-state index in [2.05, 4.69) is 4.99 Å². The molecular weight excluding hydrogens is 308 g/mol. The van der Waals surface area contributed by atoms with Gasteiger partial charge in [-0.1, -0.05) is 48.5 Å². The van der Waals surface area contributed by atoms with Gasteiger partial charge in [-0.2, -0.15) is 4.99 Å². The van der Waals surface area contributed by atoms with Crippen LogP contribution in [0, 0.1) is 0 Å². The molecule has 3 rings (SSSR count). The van der Waals surface area contributed by atoms with Crippen LogP contribution in [0.2, 0.25) is 0 Å². The third-order valence-corrected chi connectivity index (χ3v) is 5.30. The lowest BCUT2D eigenvalue weighted by atomic mass is 10.0. The molecule has 23 heavy (non-hydrogen) atoms. The minimum absolute atomic E-state index is 0.481. The summed E-state index contributed by atoms with van der Waals surface area (Å²) in [7, 11) is -1.60. The summed E-state index contributed by atoms with van der Waals surface area (Å²) in [6.07, 6.45) is 0. The Morgan fingerprint density at radius 2 is 1.57 bits per heavy atom. The lowest BCUT2D eigenvalue weighted by Crippen LogP contribution is -2.44. The monoisotopic (exact) mass is 326 g/mol. The molecule has 1 atom stereocenters. The van der Waals surface area contributed by atoms with Gasteiger partial charge in [0.15, 0.2) is 11.0 Å². The largest absolute Gasteiger partial charge is 0.356 e. The molecule has 0 fully saturated rings. The second-order valence-electron chi connectivity index (χ2n) is 6.32. The molecule has 0 spiro atoms. The molecule has 0 aliphatic carbocycles. The maximum absolute atomic E-state index is 13.0. The van der Waals surface area contributed by atoms with Gasteiger partial charge in [-0.25, -0.2) is 13.3 Å². The van der Waals surface area contributed by atoms with Gasteiger partial charge in [0.25, 0.3) is 0 Å². The number of carbonyl (C=O) groups is 1. The Morgan fingerprint density at radius 1 is 0.957 bits per heavy atom. The predicted octanol–water partition coefficient (Wildman–Crippen LogP) is 3.78. The number of nitrogens with zero attached hydrogens (tertiary/aromatic N) is 2. The van der Waals surface area contributed by atoms with E-state index in [1.54, 1.807) is 6.07 Å². The van der Waals surface area contributed by atoms with Crippen molar-refractivity contribution in [3.63, 3.8) is 0 Å². The number of amides is 2. The summed E-state index contributed by atoms with van der Waals surface area (Å²) >= 11 is 0. The molecule has 0 N–H and O–H groups in total. The Balaban J connectivity index is 2.27. The van der Waals surface area contributed by atoms with Crippen molar-refractivity contribution in [1.29, 1.82) is 0 Å². The smallest absolute Gasteiger partial charge is 0.245 e. The fourth-order valence-corrected chi connectivity index (χ4v) is 3.96. The zero-order valence-corrected chi connectivity index (χ0v) is 14.1. The zero-order valence-electron chi connectivity index (χ0n) is 13.3. The van der Waals surface area contributed by atoms with Crippen molar-refractivity contribution in [2.24, 2.45) is 4.99 Å². The maximum atomic E-state index is 13.0. The second-order valence-corrected chi connectivity index (χ2v) is 7.62. The molecule has 1 aliphatic rings. The van der Waals surface area contributed by atoms with Crippen LogP contribution in [0.4, 0.5) is 4.79 Å². The van der Waals surface area contributed by atoms with E-state index in [1.807, 2.05) is 69.3 Å². The van der Waals surface area contributed by atoms with E-state index in [1.165, 1.54) is 4.31 Å². The molecule has 4 nitrogen and oxygen atoms in total. The molecule has 0 saturated heterocycles. The van der Waals surface area contributed by atoms with E-state index in [0.29, 0.717) is 10.6 Å². The van der Waals surface area contributed by atoms with E-state index < -0.39 is 22.6 Å². The highest BCUT2D eigenvalue weighted by Gasteiger charge is 2.36. The van der Waals surface area contributed by atoms with Crippen LogP contribution in [0.25, 0.3) is 0 Å². The number of carbonyl (C=O) groups excluding carboxylic acids is 1. The first-order valence-corrected chi connectivity index (χ1v) is 8.50. The van der Waals surface area contributed by atoms with E-state index in [-0.39, 0.29) is 0 Å². The SMILES string of the molecule is CC(C)(C)N1C(=O)N=C(c2ccccc2)c2ccccc2[S@@]1=O. The molecule has 1 heterocycles. The summed E-state index contributed by atoms with van der Waals surface area (Å²) in [5.74, 6) is 0. The van der Waals surface area contributed by atoms with Crippen molar-refractivity contribution in [2.75, 3.05) is 0 Å². The van der Waals surface area contributed by atoms with Crippen molar-refractivity contribution in [1.82, 2.24) is 4.31 Å². The first-order valence-electron chi connectivity index (χ1n) is 7.39. The average molecular weight is 326 g/mol. The summed E-state index contributed by atoms with van der Waals surface area (Å²) in [6.45, 7) is 5.57. The topological polar surface area (TPSA) is 49.7 Å². The minimum atomic E-state index is -1.60. The van der Waals surface area contributed by atoms with Crippen molar-refractivity contribution >= 4 is 22.7 Å². The van der Waals surface area contributed by atoms with Crippen molar-refractivity contribution in [3.05, 3.63) is 65.7 Å². The molecule has 2 aromatic rings. The number of hydrogen-bond acceptors (Lipinski definition) is 2.